The number of sulfonamides is 1. The molecule has 0 aromatic heterocycles. The average molecular weight is 453 g/mol. The van der Waals surface area contributed by atoms with E-state index in [-0.39, 0.29) is 10.6 Å². The number of piperazine rings is 1. The Morgan fingerprint density at radius 3 is 2.10 bits per heavy atom. The smallest absolute Gasteiger partial charge is 0.293 e. The maximum atomic E-state index is 12.8. The molecule has 1 heterocycles. The van der Waals surface area contributed by atoms with Crippen LogP contribution in [0.4, 0.5) is 17.1 Å². The van der Waals surface area contributed by atoms with Gasteiger partial charge in [-0.25, -0.2) is 8.42 Å². The number of nitro groups is 1. The molecule has 0 saturated carbocycles. The van der Waals surface area contributed by atoms with Gasteiger partial charge in [-0.3, -0.25) is 10.1 Å². The van der Waals surface area contributed by atoms with Crippen LogP contribution in [-0.2, 0) is 10.0 Å². The minimum atomic E-state index is -3.77. The molecule has 1 aliphatic heterocycles. The van der Waals surface area contributed by atoms with Crippen LogP contribution in [0.2, 0.25) is 5.02 Å². The number of rotatable bonds is 7. The van der Waals surface area contributed by atoms with Crippen LogP contribution < -0.4 is 9.80 Å². The van der Waals surface area contributed by atoms with Gasteiger partial charge in [-0.2, -0.15) is 4.31 Å². The van der Waals surface area contributed by atoms with Crippen molar-refractivity contribution in [3.05, 3.63) is 57.6 Å². The molecule has 0 amide bonds. The first-order chi connectivity index (χ1) is 14.3. The van der Waals surface area contributed by atoms with E-state index in [0.717, 1.165) is 5.69 Å². The summed E-state index contributed by atoms with van der Waals surface area (Å²) in [6.45, 7) is 6.52. The van der Waals surface area contributed by atoms with E-state index in [4.69, 9.17) is 11.6 Å². The predicted molar refractivity (Wildman–Crippen MR) is 119 cm³/mol. The molecule has 0 atom stereocenters. The third-order valence-corrected chi connectivity index (χ3v) is 7.67. The van der Waals surface area contributed by atoms with E-state index < -0.39 is 14.9 Å². The van der Waals surface area contributed by atoms with E-state index in [0.29, 0.717) is 50.0 Å². The lowest BCUT2D eigenvalue weighted by molar-refractivity contribution is -0.384. The topological polar surface area (TPSA) is 87.0 Å². The number of nitrogens with zero attached hydrogens (tertiary/aromatic N) is 4. The van der Waals surface area contributed by atoms with Crippen molar-refractivity contribution in [2.45, 2.75) is 18.7 Å². The standard InChI is InChI=1S/C20H25ClN4O4S/c1-3-24(4-2)30(28,29)16-9-10-19(20(15-16)25(26)27)23-13-11-22(12-14-23)18-8-6-5-7-17(18)21/h5-10,15H,3-4,11-14H2,1-2H3. The lowest BCUT2D eigenvalue weighted by Crippen LogP contribution is -2.46. The summed E-state index contributed by atoms with van der Waals surface area (Å²) < 4.78 is 26.8. The highest BCUT2D eigenvalue weighted by atomic mass is 35.5. The molecule has 8 nitrogen and oxygen atoms in total. The molecule has 3 rings (SSSR count). The molecule has 0 unspecified atom stereocenters. The average Bonchev–Trinajstić information content (AvgIpc) is 2.74. The van der Waals surface area contributed by atoms with E-state index in [1.54, 1.807) is 19.9 Å². The molecular weight excluding hydrogens is 428 g/mol. The first-order valence-corrected chi connectivity index (χ1v) is 11.6. The van der Waals surface area contributed by atoms with Crippen molar-refractivity contribution in [3.8, 4) is 0 Å². The second-order valence-electron chi connectivity index (χ2n) is 6.92. The highest BCUT2D eigenvalue weighted by molar-refractivity contribution is 7.89. The van der Waals surface area contributed by atoms with Crippen molar-refractivity contribution in [3.63, 3.8) is 0 Å². The van der Waals surface area contributed by atoms with Gasteiger partial charge in [0.1, 0.15) is 5.69 Å². The van der Waals surface area contributed by atoms with Crippen molar-refractivity contribution < 1.29 is 13.3 Å². The molecule has 1 aliphatic rings. The van der Waals surface area contributed by atoms with Crippen LogP contribution in [0.1, 0.15) is 13.8 Å². The lowest BCUT2D eigenvalue weighted by Gasteiger charge is -2.37. The van der Waals surface area contributed by atoms with Crippen molar-refractivity contribution in [1.82, 2.24) is 4.31 Å². The Bertz CT molecular complexity index is 1020. The molecule has 0 N–H and O–H groups in total. The quantitative estimate of drug-likeness (QED) is 0.471. The van der Waals surface area contributed by atoms with Crippen LogP contribution in [-0.4, -0.2) is 56.9 Å². The second-order valence-corrected chi connectivity index (χ2v) is 9.27. The van der Waals surface area contributed by atoms with E-state index in [1.165, 1.54) is 16.4 Å². The lowest BCUT2D eigenvalue weighted by atomic mass is 10.2. The Labute approximate surface area is 181 Å². The number of hydrogen-bond donors (Lipinski definition) is 0. The number of anilines is 2. The number of hydrogen-bond acceptors (Lipinski definition) is 6. The molecule has 0 bridgehead atoms. The maximum absolute atomic E-state index is 12.8. The Kier molecular flexibility index (Phi) is 6.84. The molecule has 162 valence electrons. The highest BCUT2D eigenvalue weighted by Crippen LogP contribution is 2.33. The van der Waals surface area contributed by atoms with Gasteiger partial charge in [-0.05, 0) is 24.3 Å². The zero-order valence-corrected chi connectivity index (χ0v) is 18.6. The van der Waals surface area contributed by atoms with Gasteiger partial charge in [0.15, 0.2) is 0 Å². The summed E-state index contributed by atoms with van der Waals surface area (Å²) >= 11 is 6.28. The fourth-order valence-corrected chi connectivity index (χ4v) is 5.42. The minimum absolute atomic E-state index is 0.0589. The van der Waals surface area contributed by atoms with Crippen LogP contribution in [0.25, 0.3) is 0 Å². The number of para-hydroxylation sites is 1. The molecule has 0 radical (unpaired) electrons. The summed E-state index contributed by atoms with van der Waals surface area (Å²) in [6, 6.07) is 11.8. The molecule has 1 fully saturated rings. The zero-order valence-electron chi connectivity index (χ0n) is 17.0. The van der Waals surface area contributed by atoms with Crippen LogP contribution in [0, 0.1) is 10.1 Å². The molecular formula is C20H25ClN4O4S. The van der Waals surface area contributed by atoms with Crippen molar-refractivity contribution in [2.24, 2.45) is 0 Å². The first kappa shape index (κ1) is 22.3. The number of halogens is 1. The maximum Gasteiger partial charge on any atom is 0.293 e. The van der Waals surface area contributed by atoms with Gasteiger partial charge >= 0.3 is 0 Å². The summed E-state index contributed by atoms with van der Waals surface area (Å²) in [5.41, 5.74) is 1.17. The van der Waals surface area contributed by atoms with Gasteiger partial charge < -0.3 is 9.80 Å². The van der Waals surface area contributed by atoms with E-state index >= 15 is 0 Å². The van der Waals surface area contributed by atoms with Crippen LogP contribution >= 0.6 is 11.6 Å². The summed E-state index contributed by atoms with van der Waals surface area (Å²) in [4.78, 5) is 15.2. The minimum Gasteiger partial charge on any atom is -0.367 e. The summed E-state index contributed by atoms with van der Waals surface area (Å²) in [6.07, 6.45) is 0. The third kappa shape index (κ3) is 4.38. The van der Waals surface area contributed by atoms with E-state index in [1.807, 2.05) is 29.2 Å². The fraction of sp³-hybridized carbons (Fsp3) is 0.400. The van der Waals surface area contributed by atoms with Crippen LogP contribution in [0.15, 0.2) is 47.4 Å². The molecule has 0 aliphatic carbocycles. The number of nitro benzene ring substituents is 1. The molecule has 10 heteroatoms. The van der Waals surface area contributed by atoms with Crippen LogP contribution in [0.3, 0.4) is 0 Å². The summed E-state index contributed by atoms with van der Waals surface area (Å²) in [5, 5.41) is 12.4. The largest absolute Gasteiger partial charge is 0.367 e. The Morgan fingerprint density at radius 1 is 1.00 bits per heavy atom. The van der Waals surface area contributed by atoms with E-state index in [2.05, 4.69) is 4.90 Å². The SMILES string of the molecule is CCN(CC)S(=O)(=O)c1ccc(N2CCN(c3ccccc3Cl)CC2)c([N+](=O)[O-])c1. The molecule has 2 aromatic rings. The second kappa shape index (κ2) is 9.20. The molecule has 30 heavy (non-hydrogen) atoms. The van der Waals surface area contributed by atoms with Gasteiger partial charge in [-0.15, -0.1) is 0 Å². The predicted octanol–water partition coefficient (Wildman–Crippen LogP) is 3.61. The van der Waals surface area contributed by atoms with Crippen LogP contribution in [0.5, 0.6) is 0 Å². The zero-order chi connectivity index (χ0) is 21.9. The fourth-order valence-electron chi connectivity index (χ4n) is 3.69. The normalized spacial score (nSPS) is 14.9. The van der Waals surface area contributed by atoms with Gasteiger partial charge in [0.05, 0.1) is 20.5 Å². The van der Waals surface area contributed by atoms with E-state index in [9.17, 15) is 18.5 Å². The van der Waals surface area contributed by atoms with Crippen molar-refractivity contribution >= 4 is 38.7 Å². The number of benzene rings is 2. The monoisotopic (exact) mass is 452 g/mol. The van der Waals surface area contributed by atoms with Gasteiger partial charge in [-0.1, -0.05) is 37.6 Å². The first-order valence-electron chi connectivity index (χ1n) is 9.82. The molecule has 0 spiro atoms. The third-order valence-electron chi connectivity index (χ3n) is 5.30. The Balaban J connectivity index is 1.85. The van der Waals surface area contributed by atoms with Crippen molar-refractivity contribution in [1.29, 1.82) is 0 Å². The van der Waals surface area contributed by atoms with Crippen molar-refractivity contribution in [2.75, 3.05) is 49.1 Å². The summed E-state index contributed by atoms with van der Waals surface area (Å²) in [5.74, 6) is 0. The van der Waals surface area contributed by atoms with Gasteiger partial charge in [0.2, 0.25) is 10.0 Å². The Hall–Kier alpha value is -2.36. The Morgan fingerprint density at radius 2 is 1.57 bits per heavy atom. The molecule has 1 saturated heterocycles. The van der Waals surface area contributed by atoms with Gasteiger partial charge in [0.25, 0.3) is 5.69 Å². The summed E-state index contributed by atoms with van der Waals surface area (Å²) in [7, 11) is -3.77. The van der Waals surface area contributed by atoms with Gasteiger partial charge in [0, 0.05) is 45.3 Å². The molecule has 2 aromatic carbocycles. The highest BCUT2D eigenvalue weighted by Gasteiger charge is 2.29.